The zero-order valence-electron chi connectivity index (χ0n) is 21.7. The molecule has 1 fully saturated rings. The summed E-state index contributed by atoms with van der Waals surface area (Å²) < 4.78 is 47.4. The third kappa shape index (κ3) is 6.54. The summed E-state index contributed by atoms with van der Waals surface area (Å²) in [5.41, 5.74) is 2.54. The van der Waals surface area contributed by atoms with Gasteiger partial charge in [0, 0.05) is 12.1 Å². The molecule has 0 unspecified atom stereocenters. The van der Waals surface area contributed by atoms with E-state index in [2.05, 4.69) is 4.98 Å². The van der Waals surface area contributed by atoms with E-state index < -0.39 is 15.7 Å². The molecule has 1 aliphatic carbocycles. The smallest absolute Gasteiger partial charge is 0.254 e. The van der Waals surface area contributed by atoms with E-state index in [-0.39, 0.29) is 29.9 Å². The lowest BCUT2D eigenvalue weighted by molar-refractivity contribution is 0.0730. The van der Waals surface area contributed by atoms with Crippen molar-refractivity contribution in [2.24, 2.45) is 5.92 Å². The van der Waals surface area contributed by atoms with Crippen molar-refractivity contribution in [3.63, 3.8) is 0 Å². The fraction of sp³-hybridized carbons (Fsp3) is 0.267. The van der Waals surface area contributed by atoms with Crippen LogP contribution in [0.2, 0.25) is 0 Å². The second kappa shape index (κ2) is 11.4. The van der Waals surface area contributed by atoms with E-state index >= 15 is 0 Å². The van der Waals surface area contributed by atoms with Crippen LogP contribution in [0, 0.1) is 11.7 Å². The SMILES string of the molecule is COc1ccc(C(=O)N(Cc2cnc(S(=O)(=O)Cc3ccc(F)cc3)n2Cc2ccccc2)CC2CC2)cc1. The standard InChI is InChI=1S/C30H30FN3O4S/c1-38-28-15-11-25(12-16-28)29(35)33(18-23-7-8-23)20-27-17-32-30(34(27)19-22-5-3-2-4-6-22)39(36,37)21-24-9-13-26(31)14-10-24/h2-6,9-17,23H,7-8,18-21H2,1H3. The number of sulfone groups is 1. The second-order valence-corrected chi connectivity index (χ2v) is 11.7. The zero-order valence-corrected chi connectivity index (χ0v) is 22.5. The molecule has 0 atom stereocenters. The summed E-state index contributed by atoms with van der Waals surface area (Å²) in [6.07, 6.45) is 3.67. The normalized spacial score (nSPS) is 13.3. The molecule has 1 aliphatic rings. The lowest BCUT2D eigenvalue weighted by Crippen LogP contribution is -2.33. The molecule has 202 valence electrons. The van der Waals surface area contributed by atoms with Gasteiger partial charge < -0.3 is 14.2 Å². The highest BCUT2D eigenvalue weighted by molar-refractivity contribution is 7.90. The number of benzene rings is 3. The predicted molar refractivity (Wildman–Crippen MR) is 146 cm³/mol. The fourth-order valence-corrected chi connectivity index (χ4v) is 6.00. The van der Waals surface area contributed by atoms with Gasteiger partial charge in [-0.2, -0.15) is 0 Å². The number of amides is 1. The summed E-state index contributed by atoms with van der Waals surface area (Å²) in [6, 6.07) is 21.9. The number of halogens is 1. The van der Waals surface area contributed by atoms with Gasteiger partial charge in [-0.05, 0) is 66.3 Å². The molecule has 0 spiro atoms. The molecule has 5 rings (SSSR count). The van der Waals surface area contributed by atoms with Gasteiger partial charge in [0.25, 0.3) is 5.91 Å². The lowest BCUT2D eigenvalue weighted by atomic mass is 10.1. The molecule has 0 aliphatic heterocycles. The van der Waals surface area contributed by atoms with Crippen LogP contribution in [0.15, 0.2) is 90.2 Å². The highest BCUT2D eigenvalue weighted by atomic mass is 32.2. The molecule has 0 N–H and O–H groups in total. The van der Waals surface area contributed by atoms with Crippen LogP contribution in [0.3, 0.4) is 0 Å². The molecular weight excluding hydrogens is 517 g/mol. The number of methoxy groups -OCH3 is 1. The van der Waals surface area contributed by atoms with Crippen molar-refractivity contribution in [2.75, 3.05) is 13.7 Å². The first-order valence-corrected chi connectivity index (χ1v) is 14.5. The van der Waals surface area contributed by atoms with Crippen LogP contribution in [0.4, 0.5) is 4.39 Å². The molecule has 3 aromatic carbocycles. The van der Waals surface area contributed by atoms with Crippen molar-refractivity contribution in [1.82, 2.24) is 14.5 Å². The largest absolute Gasteiger partial charge is 0.497 e. The summed E-state index contributed by atoms with van der Waals surface area (Å²) in [7, 11) is -2.30. The maximum Gasteiger partial charge on any atom is 0.254 e. The Kier molecular flexibility index (Phi) is 7.79. The molecular formula is C30H30FN3O4S. The minimum Gasteiger partial charge on any atom is -0.497 e. The van der Waals surface area contributed by atoms with Crippen molar-refractivity contribution >= 4 is 15.7 Å². The Morgan fingerprint density at radius 3 is 2.33 bits per heavy atom. The number of rotatable bonds is 11. The molecule has 9 heteroatoms. The average molecular weight is 548 g/mol. The molecule has 1 saturated carbocycles. The monoisotopic (exact) mass is 547 g/mol. The van der Waals surface area contributed by atoms with Crippen molar-refractivity contribution in [3.8, 4) is 5.75 Å². The van der Waals surface area contributed by atoms with Crippen LogP contribution >= 0.6 is 0 Å². The van der Waals surface area contributed by atoms with E-state index in [1.54, 1.807) is 47.0 Å². The molecule has 0 radical (unpaired) electrons. The number of ether oxygens (including phenoxy) is 1. The number of nitrogens with zero attached hydrogens (tertiary/aromatic N) is 3. The van der Waals surface area contributed by atoms with E-state index in [1.165, 1.54) is 24.3 Å². The van der Waals surface area contributed by atoms with Crippen molar-refractivity contribution in [1.29, 1.82) is 0 Å². The fourth-order valence-electron chi connectivity index (χ4n) is 4.51. The van der Waals surface area contributed by atoms with Gasteiger partial charge in [0.05, 0.1) is 37.8 Å². The van der Waals surface area contributed by atoms with E-state index in [9.17, 15) is 17.6 Å². The maximum atomic E-state index is 13.6. The molecule has 1 aromatic heterocycles. The van der Waals surface area contributed by atoms with Crippen molar-refractivity contribution < 1.29 is 22.3 Å². The second-order valence-electron chi connectivity index (χ2n) is 9.85. The summed E-state index contributed by atoms with van der Waals surface area (Å²) >= 11 is 0. The molecule has 4 aromatic rings. The van der Waals surface area contributed by atoms with Gasteiger partial charge in [-0.25, -0.2) is 17.8 Å². The Labute approximate surface area is 227 Å². The van der Waals surface area contributed by atoms with E-state index in [1.807, 2.05) is 30.3 Å². The molecule has 39 heavy (non-hydrogen) atoms. The maximum absolute atomic E-state index is 13.6. The minimum absolute atomic E-state index is 0.0750. The Hall–Kier alpha value is -3.98. The highest BCUT2D eigenvalue weighted by Gasteiger charge is 2.30. The molecule has 1 amide bonds. The average Bonchev–Trinajstić information content (AvgIpc) is 3.68. The lowest BCUT2D eigenvalue weighted by Gasteiger charge is -2.24. The van der Waals surface area contributed by atoms with E-state index in [0.29, 0.717) is 35.0 Å². The van der Waals surface area contributed by atoms with Crippen LogP contribution in [-0.2, 0) is 28.7 Å². The molecule has 1 heterocycles. The first kappa shape index (κ1) is 26.6. The van der Waals surface area contributed by atoms with E-state index in [4.69, 9.17) is 4.74 Å². The van der Waals surface area contributed by atoms with Gasteiger partial charge in [-0.1, -0.05) is 42.5 Å². The van der Waals surface area contributed by atoms with Crippen LogP contribution in [0.25, 0.3) is 0 Å². The summed E-state index contributed by atoms with van der Waals surface area (Å²) in [6.45, 7) is 1.08. The summed E-state index contributed by atoms with van der Waals surface area (Å²) in [4.78, 5) is 19.7. The van der Waals surface area contributed by atoms with Crippen LogP contribution in [0.1, 0.15) is 40.0 Å². The van der Waals surface area contributed by atoms with Crippen LogP contribution < -0.4 is 4.74 Å². The Morgan fingerprint density at radius 2 is 1.69 bits per heavy atom. The van der Waals surface area contributed by atoms with Gasteiger partial charge >= 0.3 is 0 Å². The first-order chi connectivity index (χ1) is 18.8. The number of carbonyl (C=O) groups is 1. The van der Waals surface area contributed by atoms with Crippen molar-refractivity contribution in [2.45, 2.75) is 36.8 Å². The number of aromatic nitrogens is 2. The summed E-state index contributed by atoms with van der Waals surface area (Å²) in [5, 5.41) is -0.0750. The van der Waals surface area contributed by atoms with Gasteiger partial charge in [0.2, 0.25) is 15.0 Å². The minimum atomic E-state index is -3.87. The van der Waals surface area contributed by atoms with Crippen molar-refractivity contribution in [3.05, 3.63) is 113 Å². The molecule has 0 bridgehead atoms. The third-order valence-corrected chi connectivity index (χ3v) is 8.38. The van der Waals surface area contributed by atoms with Gasteiger partial charge in [0.1, 0.15) is 11.6 Å². The number of hydrogen-bond donors (Lipinski definition) is 0. The Balaban J connectivity index is 1.48. The summed E-state index contributed by atoms with van der Waals surface area (Å²) in [5.74, 6) is 0.223. The number of imidazole rings is 1. The third-order valence-electron chi connectivity index (χ3n) is 6.79. The molecule has 0 saturated heterocycles. The quantitative estimate of drug-likeness (QED) is 0.261. The number of carbonyl (C=O) groups excluding carboxylic acids is 1. The van der Waals surface area contributed by atoms with E-state index in [0.717, 1.165) is 18.4 Å². The topological polar surface area (TPSA) is 81.5 Å². The van der Waals surface area contributed by atoms with Gasteiger partial charge in [-0.3, -0.25) is 4.79 Å². The Bertz CT molecular complexity index is 1530. The predicted octanol–water partition coefficient (Wildman–Crippen LogP) is 5.11. The Morgan fingerprint density at radius 1 is 1.00 bits per heavy atom. The molecule has 7 nitrogen and oxygen atoms in total. The van der Waals surface area contributed by atoms with Crippen LogP contribution in [0.5, 0.6) is 5.75 Å². The van der Waals surface area contributed by atoms with Gasteiger partial charge in [0.15, 0.2) is 0 Å². The van der Waals surface area contributed by atoms with Crippen LogP contribution in [-0.4, -0.2) is 42.4 Å². The first-order valence-electron chi connectivity index (χ1n) is 12.8. The highest BCUT2D eigenvalue weighted by Crippen LogP contribution is 2.31. The van der Waals surface area contributed by atoms with Gasteiger partial charge in [-0.15, -0.1) is 0 Å². The zero-order chi connectivity index (χ0) is 27.4. The number of hydrogen-bond acceptors (Lipinski definition) is 5.